The number of rotatable bonds is 11. The first-order chi connectivity index (χ1) is 10.7. The van der Waals surface area contributed by atoms with E-state index >= 15 is 0 Å². The van der Waals surface area contributed by atoms with E-state index in [2.05, 4.69) is 55.7 Å². The molecule has 0 aromatic carbocycles. The summed E-state index contributed by atoms with van der Waals surface area (Å²) < 4.78 is 2.50. The van der Waals surface area contributed by atoms with Crippen molar-refractivity contribution in [3.8, 4) is 0 Å². The fourth-order valence-corrected chi connectivity index (χ4v) is 7.45. The number of nitrogens with two attached hydrogens (primary N) is 1. The van der Waals surface area contributed by atoms with Gasteiger partial charge in [0.05, 0.1) is 0 Å². The summed E-state index contributed by atoms with van der Waals surface area (Å²) in [5, 5.41) is 3.87. The van der Waals surface area contributed by atoms with E-state index in [4.69, 9.17) is 5.73 Å². The van der Waals surface area contributed by atoms with E-state index in [1.54, 1.807) is 0 Å². The topological polar surface area (TPSA) is 41.3 Å². The Bertz CT molecular complexity index is 346. The first-order valence-electron chi connectivity index (χ1n) is 8.87. The van der Waals surface area contributed by atoms with E-state index in [1.165, 1.54) is 56.2 Å². The van der Waals surface area contributed by atoms with Crippen LogP contribution in [0.5, 0.6) is 0 Å². The second-order valence-corrected chi connectivity index (χ2v) is 10.4. The summed E-state index contributed by atoms with van der Waals surface area (Å²) in [6.45, 7) is 9.14. The third kappa shape index (κ3) is 6.19. The summed E-state index contributed by atoms with van der Waals surface area (Å²) >= 11 is 0. The molecule has 0 fully saturated rings. The monoisotopic (exact) mass is 343 g/mol. The van der Waals surface area contributed by atoms with Gasteiger partial charge in [0, 0.05) is 0 Å². The molecular formula is C17H35N3P2. The smallest absolute Gasteiger partial charge is 0.109 e. The molecule has 22 heavy (non-hydrogen) atoms. The maximum absolute atomic E-state index is 6.44. The summed E-state index contributed by atoms with van der Waals surface area (Å²) in [7, 11) is -0.282. The summed E-state index contributed by atoms with van der Waals surface area (Å²) in [5.41, 5.74) is 6.44. The summed E-state index contributed by atoms with van der Waals surface area (Å²) in [4.78, 5) is 0. The van der Waals surface area contributed by atoms with Gasteiger partial charge in [0.2, 0.25) is 0 Å². The van der Waals surface area contributed by atoms with Crippen molar-refractivity contribution in [2.75, 3.05) is 24.6 Å². The Labute approximate surface area is 140 Å². The van der Waals surface area contributed by atoms with Crippen LogP contribution < -0.4 is 10.8 Å². The molecule has 1 unspecified atom stereocenters. The largest absolute Gasteiger partial charge is 0.351 e. The Balaban J connectivity index is 2.86. The fraction of sp³-hybridized carbons (Fsp3) is 0.765. The van der Waals surface area contributed by atoms with Gasteiger partial charge in [-0.1, -0.05) is 59.5 Å². The molecule has 5 heteroatoms. The molecule has 0 aliphatic carbocycles. The number of allylic oxidation sites excluding steroid dienone is 2. The van der Waals surface area contributed by atoms with E-state index in [1.807, 2.05) is 0 Å². The molecule has 128 valence electrons. The highest BCUT2D eigenvalue weighted by Crippen LogP contribution is 2.47. The van der Waals surface area contributed by atoms with Gasteiger partial charge < -0.3 is 15.5 Å². The molecule has 0 radical (unpaired) electrons. The van der Waals surface area contributed by atoms with Crippen LogP contribution in [0.25, 0.3) is 0 Å². The van der Waals surface area contributed by atoms with Crippen LogP contribution in [0.15, 0.2) is 24.0 Å². The normalized spacial score (nSPS) is 18.2. The van der Waals surface area contributed by atoms with Gasteiger partial charge in [-0.3, -0.25) is 0 Å². The second kappa shape index (κ2) is 11.4. The van der Waals surface area contributed by atoms with Crippen LogP contribution in [0.2, 0.25) is 0 Å². The lowest BCUT2D eigenvalue weighted by Gasteiger charge is -2.41. The highest BCUT2D eigenvalue weighted by molar-refractivity contribution is 7.56. The van der Waals surface area contributed by atoms with Crippen molar-refractivity contribution >= 4 is 16.1 Å². The van der Waals surface area contributed by atoms with Crippen molar-refractivity contribution in [2.45, 2.75) is 59.5 Å². The van der Waals surface area contributed by atoms with Crippen molar-refractivity contribution in [3.63, 3.8) is 0 Å². The van der Waals surface area contributed by atoms with Gasteiger partial charge in [0.1, 0.15) is 12.0 Å². The fourth-order valence-electron chi connectivity index (χ4n) is 2.78. The molecule has 0 aromatic heterocycles. The molecule has 1 heterocycles. The van der Waals surface area contributed by atoms with Crippen molar-refractivity contribution in [1.29, 1.82) is 0 Å². The molecule has 1 rings (SSSR count). The molecule has 0 amide bonds. The van der Waals surface area contributed by atoms with Crippen LogP contribution >= 0.6 is 16.1 Å². The van der Waals surface area contributed by atoms with Crippen LogP contribution in [-0.2, 0) is 0 Å². The third-order valence-corrected chi connectivity index (χ3v) is 9.16. The van der Waals surface area contributed by atoms with Crippen molar-refractivity contribution in [2.24, 2.45) is 5.73 Å². The van der Waals surface area contributed by atoms with E-state index in [0.29, 0.717) is 0 Å². The quantitative estimate of drug-likeness (QED) is 0.518. The molecule has 0 saturated heterocycles. The summed E-state index contributed by atoms with van der Waals surface area (Å²) in [6.07, 6.45) is 16.7. The minimum absolute atomic E-state index is 0.0387. The average molecular weight is 343 g/mol. The van der Waals surface area contributed by atoms with E-state index in [0.717, 1.165) is 0 Å². The van der Waals surface area contributed by atoms with Gasteiger partial charge in [0.15, 0.2) is 0 Å². The predicted molar refractivity (Wildman–Crippen MR) is 105 cm³/mol. The second-order valence-electron chi connectivity index (χ2n) is 5.82. The molecular weight excluding hydrogens is 308 g/mol. The lowest BCUT2D eigenvalue weighted by Crippen LogP contribution is -2.42. The van der Waals surface area contributed by atoms with Crippen LogP contribution in [-0.4, -0.2) is 35.5 Å². The maximum atomic E-state index is 6.44. The Hall–Kier alpha value is -0.100. The van der Waals surface area contributed by atoms with Gasteiger partial charge in [-0.15, -0.1) is 0 Å². The summed E-state index contributed by atoms with van der Waals surface area (Å²) in [6, 6.07) is 0. The van der Waals surface area contributed by atoms with E-state index in [-0.39, 0.29) is 22.3 Å². The van der Waals surface area contributed by atoms with Crippen LogP contribution in [0.4, 0.5) is 0 Å². The van der Waals surface area contributed by atoms with E-state index in [9.17, 15) is 0 Å². The van der Waals surface area contributed by atoms with Gasteiger partial charge >= 0.3 is 0 Å². The average Bonchev–Trinajstić information content (AvgIpc) is 2.48. The first kappa shape index (κ1) is 19.9. The van der Waals surface area contributed by atoms with Crippen molar-refractivity contribution < 1.29 is 0 Å². The van der Waals surface area contributed by atoms with Crippen LogP contribution in [0.1, 0.15) is 53.4 Å². The molecule has 0 saturated carbocycles. The van der Waals surface area contributed by atoms with Crippen LogP contribution in [0.3, 0.4) is 0 Å². The number of hydrogen-bond donors (Lipinski definition) is 2. The lowest BCUT2D eigenvalue weighted by molar-refractivity contribution is 0.457. The lowest BCUT2D eigenvalue weighted by atomic mass is 10.3. The Morgan fingerprint density at radius 3 is 2.05 bits per heavy atom. The highest BCUT2D eigenvalue weighted by Gasteiger charge is 2.26. The molecule has 0 spiro atoms. The predicted octanol–water partition coefficient (Wildman–Crippen LogP) is 5.01. The van der Waals surface area contributed by atoms with Gasteiger partial charge in [-0.05, 0) is 52.9 Å². The molecule has 3 N–H and O–H groups in total. The third-order valence-electron chi connectivity index (χ3n) is 3.62. The first-order valence-corrected chi connectivity index (χ1v) is 12.2. The molecule has 0 bridgehead atoms. The van der Waals surface area contributed by atoms with Gasteiger partial charge in [-0.25, -0.2) is 0 Å². The number of hydrogen-bond acceptors (Lipinski definition) is 3. The number of nitrogens with zero attached hydrogens (tertiary/aromatic N) is 1. The zero-order chi connectivity index (χ0) is 16.4. The molecule has 1 aliphatic heterocycles. The standard InChI is InChI=1S/C17H35N3P2/c1-5-12-21(13-6-2)19-17-11-9-10-16(18)20(17)22(14-7-3)15-8-4/h9-11,16,19H,5-8,12-15,18H2,1-4H3. The number of nitrogens with one attached hydrogen (secondary N) is 1. The maximum Gasteiger partial charge on any atom is 0.109 e. The minimum atomic E-state index is -0.170. The zero-order valence-corrected chi connectivity index (χ0v) is 16.7. The molecule has 1 atom stereocenters. The Morgan fingerprint density at radius 2 is 1.55 bits per heavy atom. The highest BCUT2D eigenvalue weighted by atomic mass is 31.1. The zero-order valence-electron chi connectivity index (χ0n) is 14.9. The molecule has 1 aliphatic rings. The SMILES string of the molecule is CCCP(CCC)NC1=CC=CC(N)N1P(CCC)CCC. The van der Waals surface area contributed by atoms with Crippen molar-refractivity contribution in [1.82, 2.24) is 9.76 Å². The minimum Gasteiger partial charge on any atom is -0.351 e. The summed E-state index contributed by atoms with van der Waals surface area (Å²) in [5.74, 6) is 1.29. The Kier molecular flexibility index (Phi) is 10.4. The van der Waals surface area contributed by atoms with Gasteiger partial charge in [-0.2, -0.15) is 0 Å². The Morgan fingerprint density at radius 1 is 1.00 bits per heavy atom. The van der Waals surface area contributed by atoms with Crippen molar-refractivity contribution in [3.05, 3.63) is 24.0 Å². The van der Waals surface area contributed by atoms with Gasteiger partial charge in [0.25, 0.3) is 0 Å². The molecule has 0 aromatic rings. The van der Waals surface area contributed by atoms with Crippen LogP contribution in [0, 0.1) is 0 Å². The van der Waals surface area contributed by atoms with E-state index < -0.39 is 0 Å². The molecule has 3 nitrogen and oxygen atoms in total.